The van der Waals surface area contributed by atoms with Gasteiger partial charge in [-0.05, 0) is 60.2 Å². The second-order valence-electron chi connectivity index (χ2n) is 9.53. The number of fused-ring (bicyclic) bond motifs is 1. The number of nitrogens with zero attached hydrogens (tertiary/aromatic N) is 4. The maximum absolute atomic E-state index is 6.26. The number of imidazole rings is 1. The maximum Gasteiger partial charge on any atom is 0.177 e. The molecule has 6 nitrogen and oxygen atoms in total. The summed E-state index contributed by atoms with van der Waals surface area (Å²) in [5.41, 5.74) is 6.53. The molecule has 3 aromatic carbocycles. The molecule has 0 saturated carbocycles. The van der Waals surface area contributed by atoms with Crippen LogP contribution in [-0.4, -0.2) is 33.9 Å². The van der Waals surface area contributed by atoms with Gasteiger partial charge in [0.25, 0.3) is 0 Å². The van der Waals surface area contributed by atoms with Crippen molar-refractivity contribution < 1.29 is 9.57 Å². The van der Waals surface area contributed by atoms with Crippen molar-refractivity contribution in [2.45, 2.75) is 31.9 Å². The van der Waals surface area contributed by atoms with Crippen LogP contribution in [0, 0.1) is 6.92 Å². The van der Waals surface area contributed by atoms with E-state index in [1.165, 1.54) is 11.1 Å². The summed E-state index contributed by atoms with van der Waals surface area (Å²) in [6.45, 7) is 2.92. The Morgan fingerprint density at radius 1 is 0.973 bits per heavy atom. The lowest BCUT2D eigenvalue weighted by molar-refractivity contribution is -0.0231. The molecule has 1 unspecified atom stereocenters. The number of piperidine rings is 1. The molecule has 1 aromatic heterocycles. The second kappa shape index (κ2) is 9.97. The van der Waals surface area contributed by atoms with Crippen molar-refractivity contribution >= 4 is 11.9 Å². The molecule has 3 heterocycles. The number of aryl methyl sites for hydroxylation is 1. The molecule has 2 atom stereocenters. The lowest BCUT2D eigenvalue weighted by Crippen LogP contribution is -2.45. The van der Waals surface area contributed by atoms with Gasteiger partial charge < -0.3 is 19.0 Å². The highest BCUT2D eigenvalue weighted by atomic mass is 16.6. The number of aromatic nitrogens is 2. The van der Waals surface area contributed by atoms with Crippen LogP contribution in [0.4, 0.5) is 0 Å². The Bertz CT molecular complexity index is 1440. The Hall–Kier alpha value is -4.32. The molecule has 37 heavy (non-hydrogen) atoms. The number of methoxy groups -OCH3 is 1. The minimum atomic E-state index is -0.176. The van der Waals surface area contributed by atoms with Gasteiger partial charge in [-0.15, -0.1) is 0 Å². The van der Waals surface area contributed by atoms with Crippen LogP contribution >= 0.6 is 0 Å². The SMILES string of the molecule is COc1cc(/C=C2\CCCN3C2=NOC(c2ccccc2)[C@@H]3c2ccccc2)ccc1-n1cnc(C)c1. The van der Waals surface area contributed by atoms with Crippen molar-refractivity contribution in [3.05, 3.63) is 119 Å². The highest BCUT2D eigenvalue weighted by molar-refractivity contribution is 6.03. The van der Waals surface area contributed by atoms with E-state index in [1.54, 1.807) is 7.11 Å². The molecule has 0 bridgehead atoms. The van der Waals surface area contributed by atoms with Gasteiger partial charge in [0.2, 0.25) is 0 Å². The number of ether oxygens (including phenoxy) is 1. The van der Waals surface area contributed by atoms with Crippen molar-refractivity contribution in [2.24, 2.45) is 5.16 Å². The third kappa shape index (κ3) is 4.51. The van der Waals surface area contributed by atoms with Crippen molar-refractivity contribution in [1.82, 2.24) is 14.5 Å². The largest absolute Gasteiger partial charge is 0.495 e. The van der Waals surface area contributed by atoms with Gasteiger partial charge in [0.15, 0.2) is 11.9 Å². The molecular formula is C31H30N4O2. The van der Waals surface area contributed by atoms with E-state index in [1.807, 2.05) is 30.1 Å². The summed E-state index contributed by atoms with van der Waals surface area (Å²) < 4.78 is 7.73. The van der Waals surface area contributed by atoms with Gasteiger partial charge >= 0.3 is 0 Å². The number of rotatable bonds is 5. The van der Waals surface area contributed by atoms with Crippen LogP contribution in [0.3, 0.4) is 0 Å². The Balaban J connectivity index is 1.37. The molecule has 6 rings (SSSR count). The normalized spacial score (nSPS) is 20.2. The zero-order chi connectivity index (χ0) is 25.2. The summed E-state index contributed by atoms with van der Waals surface area (Å²) in [4.78, 5) is 13.0. The molecule has 1 fully saturated rings. The quantitative estimate of drug-likeness (QED) is 0.321. The topological polar surface area (TPSA) is 51.9 Å². The molecule has 1 saturated heterocycles. The average Bonchev–Trinajstić information content (AvgIpc) is 3.39. The first-order chi connectivity index (χ1) is 18.2. The Morgan fingerprint density at radius 2 is 1.73 bits per heavy atom. The minimum Gasteiger partial charge on any atom is -0.495 e. The molecule has 0 amide bonds. The number of oxime groups is 1. The summed E-state index contributed by atoms with van der Waals surface area (Å²) in [6.07, 6.45) is 7.84. The molecule has 6 heteroatoms. The fourth-order valence-electron chi connectivity index (χ4n) is 5.33. The van der Waals surface area contributed by atoms with Gasteiger partial charge in [0.05, 0.1) is 30.9 Å². The monoisotopic (exact) mass is 490 g/mol. The molecule has 186 valence electrons. The first-order valence-electron chi connectivity index (χ1n) is 12.7. The third-order valence-corrected chi connectivity index (χ3v) is 7.08. The zero-order valence-corrected chi connectivity index (χ0v) is 21.1. The molecule has 2 aliphatic heterocycles. The molecule has 0 radical (unpaired) electrons. The number of amidine groups is 1. The van der Waals surface area contributed by atoms with Crippen molar-refractivity contribution in [2.75, 3.05) is 13.7 Å². The Kier molecular flexibility index (Phi) is 6.23. The zero-order valence-electron chi connectivity index (χ0n) is 21.1. The summed E-state index contributed by atoms with van der Waals surface area (Å²) in [5, 5.41) is 4.70. The van der Waals surface area contributed by atoms with Crippen LogP contribution in [0.25, 0.3) is 11.8 Å². The van der Waals surface area contributed by atoms with Gasteiger partial charge in [0, 0.05) is 12.7 Å². The minimum absolute atomic E-state index is 0.0428. The Labute approximate surface area is 217 Å². The summed E-state index contributed by atoms with van der Waals surface area (Å²) in [7, 11) is 1.70. The van der Waals surface area contributed by atoms with E-state index < -0.39 is 0 Å². The molecule has 0 aliphatic carbocycles. The fraction of sp³-hybridized carbons (Fsp3) is 0.226. The predicted octanol–water partition coefficient (Wildman–Crippen LogP) is 6.49. The summed E-state index contributed by atoms with van der Waals surface area (Å²) in [5.74, 6) is 1.72. The van der Waals surface area contributed by atoms with Gasteiger partial charge in [-0.3, -0.25) is 0 Å². The van der Waals surface area contributed by atoms with Crippen LogP contribution in [0.2, 0.25) is 0 Å². The van der Waals surface area contributed by atoms with E-state index in [0.29, 0.717) is 0 Å². The maximum atomic E-state index is 6.26. The standard InChI is InChI=1S/C31H30N4O2/c1-22-20-34(21-32-22)27-16-15-23(19-28(27)36-2)18-26-14-9-17-35-29(24-10-5-3-6-11-24)30(37-33-31(26)35)25-12-7-4-8-13-25/h3-8,10-13,15-16,18-21,29-30H,9,14,17H2,1-2H3/b26-18+/t29-,30?/m0/s1. The number of hydrogen-bond donors (Lipinski definition) is 0. The van der Waals surface area contributed by atoms with Gasteiger partial charge in [0.1, 0.15) is 5.75 Å². The van der Waals surface area contributed by atoms with Crippen LogP contribution in [0.5, 0.6) is 5.75 Å². The molecule has 2 aliphatic rings. The average molecular weight is 491 g/mol. The fourth-order valence-corrected chi connectivity index (χ4v) is 5.33. The van der Waals surface area contributed by atoms with E-state index in [2.05, 4.69) is 88.8 Å². The summed E-state index contributed by atoms with van der Waals surface area (Å²) >= 11 is 0. The second-order valence-corrected chi connectivity index (χ2v) is 9.53. The highest BCUT2D eigenvalue weighted by Gasteiger charge is 2.40. The van der Waals surface area contributed by atoms with Crippen molar-refractivity contribution in [1.29, 1.82) is 0 Å². The van der Waals surface area contributed by atoms with Crippen LogP contribution in [0.1, 0.15) is 47.4 Å². The third-order valence-electron chi connectivity index (χ3n) is 7.08. The van der Waals surface area contributed by atoms with E-state index >= 15 is 0 Å². The van der Waals surface area contributed by atoms with Crippen LogP contribution < -0.4 is 4.74 Å². The summed E-state index contributed by atoms with van der Waals surface area (Å²) in [6, 6.07) is 27.3. The molecule has 0 N–H and O–H groups in total. The Morgan fingerprint density at radius 3 is 2.43 bits per heavy atom. The first-order valence-corrected chi connectivity index (χ1v) is 12.7. The van der Waals surface area contributed by atoms with E-state index in [4.69, 9.17) is 14.7 Å². The van der Waals surface area contributed by atoms with E-state index in [9.17, 15) is 0 Å². The van der Waals surface area contributed by atoms with Crippen molar-refractivity contribution in [3.8, 4) is 11.4 Å². The number of hydrogen-bond acceptors (Lipinski definition) is 5. The molecule has 0 spiro atoms. The highest BCUT2D eigenvalue weighted by Crippen LogP contribution is 2.43. The number of benzene rings is 3. The lowest BCUT2D eigenvalue weighted by Gasteiger charge is -2.44. The predicted molar refractivity (Wildman–Crippen MR) is 146 cm³/mol. The smallest absolute Gasteiger partial charge is 0.177 e. The van der Waals surface area contributed by atoms with Gasteiger partial charge in [-0.1, -0.05) is 71.9 Å². The van der Waals surface area contributed by atoms with Gasteiger partial charge in [-0.25, -0.2) is 4.98 Å². The van der Waals surface area contributed by atoms with E-state index in [0.717, 1.165) is 53.5 Å². The van der Waals surface area contributed by atoms with Crippen LogP contribution in [0.15, 0.2) is 102 Å². The van der Waals surface area contributed by atoms with Crippen molar-refractivity contribution in [3.63, 3.8) is 0 Å². The molecule has 4 aromatic rings. The lowest BCUT2D eigenvalue weighted by atomic mass is 9.90. The van der Waals surface area contributed by atoms with Gasteiger partial charge in [-0.2, -0.15) is 0 Å². The first kappa shape index (κ1) is 23.1. The van der Waals surface area contributed by atoms with Crippen LogP contribution in [-0.2, 0) is 4.84 Å². The molecular weight excluding hydrogens is 460 g/mol. The van der Waals surface area contributed by atoms with E-state index in [-0.39, 0.29) is 12.1 Å².